The van der Waals surface area contributed by atoms with Gasteiger partial charge in [0.15, 0.2) is 0 Å². The van der Waals surface area contributed by atoms with Crippen LogP contribution in [-0.2, 0) is 17.5 Å². The highest BCUT2D eigenvalue weighted by atomic mass is 19.4. The molecule has 0 atom stereocenters. The Bertz CT molecular complexity index is 800. The Hall–Kier alpha value is -2.44. The average molecular weight is 349 g/mol. The van der Waals surface area contributed by atoms with Crippen LogP contribution in [0.4, 0.5) is 13.2 Å². The number of carbonyl (C=O) groups excluding carboxylic acids is 1. The molecule has 1 aromatic heterocycles. The molecule has 0 N–H and O–H groups in total. The smallest absolute Gasteiger partial charge is 0.338 e. The Labute approximate surface area is 143 Å². The van der Waals surface area contributed by atoms with Gasteiger partial charge in [0.1, 0.15) is 0 Å². The fourth-order valence-electron chi connectivity index (χ4n) is 2.90. The highest BCUT2D eigenvalue weighted by Gasteiger charge is 2.35. The van der Waals surface area contributed by atoms with Gasteiger partial charge in [0.25, 0.3) is 0 Å². The molecule has 0 unspecified atom stereocenters. The summed E-state index contributed by atoms with van der Waals surface area (Å²) in [6, 6.07) is 7.13. The van der Waals surface area contributed by atoms with Crippen molar-refractivity contribution in [1.82, 2.24) is 14.9 Å². The number of aryl methyl sites for hydroxylation is 1. The van der Waals surface area contributed by atoms with E-state index in [1.807, 2.05) is 12.1 Å². The molecule has 0 saturated carbocycles. The van der Waals surface area contributed by atoms with E-state index in [9.17, 15) is 18.0 Å². The van der Waals surface area contributed by atoms with Crippen molar-refractivity contribution in [2.45, 2.75) is 39.4 Å². The quantitative estimate of drug-likeness (QED) is 0.844. The van der Waals surface area contributed by atoms with Crippen molar-refractivity contribution in [1.29, 1.82) is 0 Å². The summed E-state index contributed by atoms with van der Waals surface area (Å²) in [5.41, 5.74) is 2.76. The SMILES string of the molecule is Cc1nc(C(F)(F)F)nc(-c2ccc(CN3CCCC3=O)cc2)c1C. The van der Waals surface area contributed by atoms with Crippen molar-refractivity contribution in [2.75, 3.05) is 6.54 Å². The van der Waals surface area contributed by atoms with Gasteiger partial charge in [0.05, 0.1) is 5.69 Å². The maximum atomic E-state index is 13.0. The first-order valence-electron chi connectivity index (χ1n) is 8.05. The number of alkyl halides is 3. The maximum Gasteiger partial charge on any atom is 0.451 e. The lowest BCUT2D eigenvalue weighted by molar-refractivity contribution is -0.145. The van der Waals surface area contributed by atoms with Crippen LogP contribution in [0.15, 0.2) is 24.3 Å². The summed E-state index contributed by atoms with van der Waals surface area (Å²) in [5.74, 6) is -0.987. The Morgan fingerprint density at radius 1 is 1.12 bits per heavy atom. The second kappa shape index (κ2) is 6.46. The van der Waals surface area contributed by atoms with Crippen LogP contribution >= 0.6 is 0 Å². The molecule has 7 heteroatoms. The number of carbonyl (C=O) groups is 1. The number of hydrogen-bond acceptors (Lipinski definition) is 3. The van der Waals surface area contributed by atoms with Crippen molar-refractivity contribution in [3.63, 3.8) is 0 Å². The van der Waals surface area contributed by atoms with Gasteiger partial charge >= 0.3 is 6.18 Å². The summed E-state index contributed by atoms with van der Waals surface area (Å²) >= 11 is 0. The fourth-order valence-corrected chi connectivity index (χ4v) is 2.90. The summed E-state index contributed by atoms with van der Waals surface area (Å²) in [6.45, 7) is 4.53. The normalized spacial score (nSPS) is 15.1. The van der Waals surface area contributed by atoms with E-state index in [1.54, 1.807) is 30.9 Å². The highest BCUT2D eigenvalue weighted by Crippen LogP contribution is 2.31. The number of rotatable bonds is 3. The van der Waals surface area contributed by atoms with Gasteiger partial charge in [-0.2, -0.15) is 13.2 Å². The topological polar surface area (TPSA) is 46.1 Å². The molecular formula is C18H18F3N3O. The summed E-state index contributed by atoms with van der Waals surface area (Å²) in [7, 11) is 0. The van der Waals surface area contributed by atoms with Crippen molar-refractivity contribution in [3.8, 4) is 11.3 Å². The molecule has 2 aromatic rings. The van der Waals surface area contributed by atoms with Gasteiger partial charge in [0, 0.05) is 30.8 Å². The molecule has 25 heavy (non-hydrogen) atoms. The second-order valence-corrected chi connectivity index (χ2v) is 6.22. The van der Waals surface area contributed by atoms with Crippen LogP contribution in [0.25, 0.3) is 11.3 Å². The third-order valence-corrected chi connectivity index (χ3v) is 4.41. The Morgan fingerprint density at radius 3 is 2.36 bits per heavy atom. The first-order chi connectivity index (χ1) is 11.8. The predicted molar refractivity (Wildman–Crippen MR) is 86.6 cm³/mol. The number of halogens is 3. The van der Waals surface area contributed by atoms with E-state index in [4.69, 9.17) is 0 Å². The zero-order valence-electron chi connectivity index (χ0n) is 14.0. The van der Waals surface area contributed by atoms with Crippen molar-refractivity contribution < 1.29 is 18.0 Å². The predicted octanol–water partition coefficient (Wildman–Crippen LogP) is 3.90. The van der Waals surface area contributed by atoms with Gasteiger partial charge < -0.3 is 4.90 Å². The van der Waals surface area contributed by atoms with Gasteiger partial charge in [-0.05, 0) is 31.4 Å². The molecule has 2 heterocycles. The van der Waals surface area contributed by atoms with Crippen molar-refractivity contribution in [2.24, 2.45) is 0 Å². The standard InChI is InChI=1S/C18H18F3N3O/c1-11-12(2)22-17(18(19,20)21)23-16(11)14-7-5-13(6-8-14)10-24-9-3-4-15(24)25/h5-8H,3-4,9-10H2,1-2H3. The molecule has 0 bridgehead atoms. The fraction of sp³-hybridized carbons (Fsp3) is 0.389. The van der Waals surface area contributed by atoms with Crippen LogP contribution in [0.3, 0.4) is 0 Å². The minimum Gasteiger partial charge on any atom is -0.338 e. The lowest BCUT2D eigenvalue weighted by Crippen LogP contribution is -2.23. The molecule has 1 fully saturated rings. The van der Waals surface area contributed by atoms with E-state index in [0.29, 0.717) is 29.8 Å². The first-order valence-corrected chi connectivity index (χ1v) is 8.05. The minimum atomic E-state index is -4.58. The van der Waals surface area contributed by atoms with Crippen LogP contribution in [0.2, 0.25) is 0 Å². The van der Waals surface area contributed by atoms with E-state index in [-0.39, 0.29) is 11.6 Å². The number of likely N-dealkylation sites (tertiary alicyclic amines) is 1. The number of aromatic nitrogens is 2. The molecule has 1 saturated heterocycles. The third kappa shape index (κ3) is 3.65. The van der Waals surface area contributed by atoms with Crippen LogP contribution in [-0.4, -0.2) is 27.3 Å². The zero-order valence-corrected chi connectivity index (χ0v) is 14.0. The number of amides is 1. The molecule has 1 aromatic carbocycles. The molecule has 0 radical (unpaired) electrons. The monoisotopic (exact) mass is 349 g/mol. The Balaban J connectivity index is 1.89. The van der Waals surface area contributed by atoms with Gasteiger partial charge in [-0.25, -0.2) is 9.97 Å². The summed E-state index contributed by atoms with van der Waals surface area (Å²) in [4.78, 5) is 20.7. The van der Waals surface area contributed by atoms with Gasteiger partial charge in [-0.15, -0.1) is 0 Å². The van der Waals surface area contributed by atoms with Crippen LogP contribution in [0, 0.1) is 13.8 Å². The summed E-state index contributed by atoms with van der Waals surface area (Å²) < 4.78 is 38.9. The molecule has 1 amide bonds. The summed E-state index contributed by atoms with van der Waals surface area (Å²) in [6.07, 6.45) is -3.13. The van der Waals surface area contributed by atoms with E-state index in [0.717, 1.165) is 18.5 Å². The maximum absolute atomic E-state index is 13.0. The lowest BCUT2D eigenvalue weighted by Gasteiger charge is -2.16. The Morgan fingerprint density at radius 2 is 1.80 bits per heavy atom. The number of benzene rings is 1. The lowest BCUT2D eigenvalue weighted by atomic mass is 10.0. The highest BCUT2D eigenvalue weighted by molar-refractivity contribution is 5.78. The molecule has 132 valence electrons. The third-order valence-electron chi connectivity index (χ3n) is 4.41. The molecule has 0 spiro atoms. The number of hydrogen-bond donors (Lipinski definition) is 0. The van der Waals surface area contributed by atoms with Gasteiger partial charge in [-0.3, -0.25) is 4.79 Å². The molecule has 4 nitrogen and oxygen atoms in total. The molecule has 1 aliphatic rings. The van der Waals surface area contributed by atoms with Crippen molar-refractivity contribution in [3.05, 3.63) is 46.9 Å². The van der Waals surface area contributed by atoms with Crippen molar-refractivity contribution >= 4 is 5.91 Å². The Kier molecular flexibility index (Phi) is 4.49. The average Bonchev–Trinajstić information content (AvgIpc) is 2.95. The van der Waals surface area contributed by atoms with E-state index >= 15 is 0 Å². The molecule has 0 aliphatic carbocycles. The zero-order chi connectivity index (χ0) is 18.2. The van der Waals surface area contributed by atoms with Gasteiger partial charge in [-0.1, -0.05) is 24.3 Å². The minimum absolute atomic E-state index is 0.140. The van der Waals surface area contributed by atoms with Crippen LogP contribution in [0.5, 0.6) is 0 Å². The van der Waals surface area contributed by atoms with Gasteiger partial charge in [0.2, 0.25) is 11.7 Å². The van der Waals surface area contributed by atoms with E-state index in [1.165, 1.54) is 0 Å². The first kappa shape index (κ1) is 17.4. The second-order valence-electron chi connectivity index (χ2n) is 6.22. The molecular weight excluding hydrogens is 331 g/mol. The van der Waals surface area contributed by atoms with Crippen LogP contribution < -0.4 is 0 Å². The number of nitrogens with zero attached hydrogens (tertiary/aromatic N) is 3. The van der Waals surface area contributed by atoms with Crippen LogP contribution in [0.1, 0.15) is 35.5 Å². The summed E-state index contributed by atoms with van der Waals surface area (Å²) in [5, 5.41) is 0. The van der Waals surface area contributed by atoms with E-state index in [2.05, 4.69) is 9.97 Å². The van der Waals surface area contributed by atoms with E-state index < -0.39 is 12.0 Å². The largest absolute Gasteiger partial charge is 0.451 e. The molecule has 1 aliphatic heterocycles. The molecule has 3 rings (SSSR count).